The number of hydrogen-bond acceptors (Lipinski definition) is 7. The number of nitro groups is 1. The molecule has 2 atom stereocenters. The molecule has 2 amide bonds. The third-order valence-electron chi connectivity index (χ3n) is 5.61. The summed E-state index contributed by atoms with van der Waals surface area (Å²) in [5, 5.41) is 19.3. The molecule has 0 saturated heterocycles. The summed E-state index contributed by atoms with van der Waals surface area (Å²) in [6, 6.07) is 14.5. The van der Waals surface area contributed by atoms with Gasteiger partial charge in [-0.05, 0) is 31.0 Å². The van der Waals surface area contributed by atoms with E-state index < -0.39 is 10.8 Å². The van der Waals surface area contributed by atoms with Gasteiger partial charge in [0.2, 0.25) is 0 Å². The van der Waals surface area contributed by atoms with E-state index in [2.05, 4.69) is 15.6 Å². The molecule has 34 heavy (non-hydrogen) atoms. The van der Waals surface area contributed by atoms with Crippen molar-refractivity contribution < 1.29 is 19.2 Å². The van der Waals surface area contributed by atoms with E-state index in [1.165, 1.54) is 35.6 Å². The monoisotopic (exact) mass is 480 g/mol. The summed E-state index contributed by atoms with van der Waals surface area (Å²) in [4.78, 5) is 40.4. The van der Waals surface area contributed by atoms with Crippen molar-refractivity contribution in [3.8, 4) is 5.75 Å². The topological polar surface area (TPSA) is 123 Å². The van der Waals surface area contributed by atoms with Crippen LogP contribution in [0.15, 0.2) is 60.0 Å². The number of aromatic nitrogens is 1. The van der Waals surface area contributed by atoms with Crippen LogP contribution < -0.4 is 15.4 Å². The van der Waals surface area contributed by atoms with E-state index in [1.807, 2.05) is 30.3 Å². The van der Waals surface area contributed by atoms with Gasteiger partial charge >= 0.3 is 0 Å². The fourth-order valence-corrected chi connectivity index (χ4v) is 4.56. The van der Waals surface area contributed by atoms with Crippen LogP contribution in [0.5, 0.6) is 5.75 Å². The summed E-state index contributed by atoms with van der Waals surface area (Å²) in [6.45, 7) is 0.271. The molecule has 9 nitrogen and oxygen atoms in total. The zero-order valence-corrected chi connectivity index (χ0v) is 19.1. The predicted octanol–water partition coefficient (Wildman–Crippen LogP) is 4.10. The Bertz CT molecular complexity index is 1170. The van der Waals surface area contributed by atoms with E-state index in [0.717, 1.165) is 25.0 Å². The van der Waals surface area contributed by atoms with Crippen molar-refractivity contribution in [3.63, 3.8) is 0 Å². The Morgan fingerprint density at radius 1 is 1.03 bits per heavy atom. The van der Waals surface area contributed by atoms with Crippen LogP contribution in [0.3, 0.4) is 0 Å². The minimum atomic E-state index is -0.534. The molecule has 1 fully saturated rings. The molecule has 0 radical (unpaired) electrons. The predicted molar refractivity (Wildman–Crippen MR) is 127 cm³/mol. The van der Waals surface area contributed by atoms with Gasteiger partial charge in [-0.15, -0.1) is 11.3 Å². The average Bonchev–Trinajstić information content (AvgIpc) is 3.34. The lowest BCUT2D eigenvalue weighted by Crippen LogP contribution is -2.53. The second kappa shape index (κ2) is 10.9. The Balaban J connectivity index is 1.36. The number of ether oxygens (including phenoxy) is 1. The standard InChI is InChI=1S/C24H24N4O5S/c29-23(16-7-6-8-17(13-16)28(31)32)26-19-11-4-5-12-20(19)27-24(30)21-15-34-22(25-21)14-33-18-9-2-1-3-10-18/h1-3,6-10,13,15,19-20H,4-5,11-12,14H2,(H,26,29)(H,27,30)/t19-,20-/m0/s1. The Labute approximate surface area is 200 Å². The molecule has 0 bridgehead atoms. The Morgan fingerprint density at radius 3 is 2.44 bits per heavy atom. The van der Waals surface area contributed by atoms with Crippen molar-refractivity contribution in [2.24, 2.45) is 0 Å². The average molecular weight is 481 g/mol. The molecule has 10 heteroatoms. The minimum absolute atomic E-state index is 0.142. The molecule has 0 spiro atoms. The molecule has 176 valence electrons. The quantitative estimate of drug-likeness (QED) is 0.370. The van der Waals surface area contributed by atoms with E-state index in [-0.39, 0.29) is 35.8 Å². The van der Waals surface area contributed by atoms with Gasteiger partial charge in [0, 0.05) is 35.2 Å². The Morgan fingerprint density at radius 2 is 1.74 bits per heavy atom. The first kappa shape index (κ1) is 23.4. The van der Waals surface area contributed by atoms with Gasteiger partial charge in [-0.1, -0.05) is 37.1 Å². The molecular weight excluding hydrogens is 456 g/mol. The Hall–Kier alpha value is -3.79. The van der Waals surface area contributed by atoms with Crippen molar-refractivity contribution in [1.29, 1.82) is 0 Å². The van der Waals surface area contributed by atoms with Crippen LogP contribution in [-0.2, 0) is 6.61 Å². The van der Waals surface area contributed by atoms with E-state index in [9.17, 15) is 19.7 Å². The van der Waals surface area contributed by atoms with Crippen LogP contribution in [0.2, 0.25) is 0 Å². The summed E-state index contributed by atoms with van der Waals surface area (Å²) < 4.78 is 5.69. The molecule has 1 aliphatic rings. The lowest BCUT2D eigenvalue weighted by atomic mass is 9.90. The first-order chi connectivity index (χ1) is 16.5. The molecule has 0 unspecified atom stereocenters. The molecule has 3 aromatic rings. The normalized spacial score (nSPS) is 17.5. The lowest BCUT2D eigenvalue weighted by molar-refractivity contribution is -0.384. The van der Waals surface area contributed by atoms with Crippen molar-refractivity contribution >= 4 is 28.8 Å². The van der Waals surface area contributed by atoms with Crippen molar-refractivity contribution in [2.75, 3.05) is 0 Å². The zero-order valence-electron chi connectivity index (χ0n) is 18.3. The highest BCUT2D eigenvalue weighted by molar-refractivity contribution is 7.09. The second-order valence-electron chi connectivity index (χ2n) is 7.98. The summed E-state index contributed by atoms with van der Waals surface area (Å²) in [5.74, 6) is 0.0285. The van der Waals surface area contributed by atoms with Gasteiger partial charge in [0.1, 0.15) is 23.1 Å². The number of nitrogens with zero attached hydrogens (tertiary/aromatic N) is 2. The van der Waals surface area contributed by atoms with E-state index >= 15 is 0 Å². The fourth-order valence-electron chi connectivity index (χ4n) is 3.87. The number of nitrogens with one attached hydrogen (secondary N) is 2. The summed E-state index contributed by atoms with van der Waals surface area (Å²) in [6.07, 6.45) is 3.28. The number of rotatable bonds is 8. The molecule has 1 saturated carbocycles. The number of para-hydroxylation sites is 1. The van der Waals surface area contributed by atoms with Gasteiger partial charge in [0.05, 0.1) is 4.92 Å². The largest absolute Gasteiger partial charge is 0.486 e. The maximum Gasteiger partial charge on any atom is 0.271 e. The third-order valence-corrected chi connectivity index (χ3v) is 6.43. The number of nitro benzene ring substituents is 1. The summed E-state index contributed by atoms with van der Waals surface area (Å²) >= 11 is 1.35. The lowest BCUT2D eigenvalue weighted by Gasteiger charge is -2.32. The third kappa shape index (κ3) is 5.96. The first-order valence-electron chi connectivity index (χ1n) is 11.0. The first-order valence-corrected chi connectivity index (χ1v) is 11.9. The van der Waals surface area contributed by atoms with E-state index in [4.69, 9.17) is 4.74 Å². The second-order valence-corrected chi connectivity index (χ2v) is 8.92. The van der Waals surface area contributed by atoms with Gasteiger partial charge in [-0.2, -0.15) is 0 Å². The molecule has 2 N–H and O–H groups in total. The van der Waals surface area contributed by atoms with Crippen LogP contribution in [0.4, 0.5) is 5.69 Å². The van der Waals surface area contributed by atoms with Crippen molar-refractivity contribution in [1.82, 2.24) is 15.6 Å². The number of carbonyl (C=O) groups excluding carboxylic acids is 2. The van der Waals surface area contributed by atoms with Crippen LogP contribution in [0.1, 0.15) is 51.5 Å². The number of benzene rings is 2. The van der Waals surface area contributed by atoms with Crippen LogP contribution >= 0.6 is 11.3 Å². The van der Waals surface area contributed by atoms with Gasteiger partial charge in [-0.3, -0.25) is 19.7 Å². The molecule has 1 aliphatic carbocycles. The number of non-ortho nitro benzene ring substituents is 1. The molecule has 1 heterocycles. The van der Waals surface area contributed by atoms with Crippen LogP contribution in [0.25, 0.3) is 0 Å². The molecule has 4 rings (SSSR count). The van der Waals surface area contributed by atoms with Crippen molar-refractivity contribution in [3.05, 3.63) is 86.4 Å². The number of amides is 2. The van der Waals surface area contributed by atoms with Crippen LogP contribution in [0, 0.1) is 10.1 Å². The highest BCUT2D eigenvalue weighted by atomic mass is 32.1. The maximum atomic E-state index is 12.8. The zero-order chi connectivity index (χ0) is 23.9. The molecular formula is C24H24N4O5S. The SMILES string of the molecule is O=C(N[C@H]1CCCC[C@@H]1NC(=O)c1csc(COc2ccccc2)n1)c1cccc([N+](=O)[O-])c1. The van der Waals surface area contributed by atoms with Gasteiger partial charge in [0.15, 0.2) is 0 Å². The van der Waals surface area contributed by atoms with Crippen molar-refractivity contribution in [2.45, 2.75) is 44.4 Å². The smallest absolute Gasteiger partial charge is 0.271 e. The molecule has 1 aromatic heterocycles. The maximum absolute atomic E-state index is 12.8. The summed E-state index contributed by atoms with van der Waals surface area (Å²) in [5.41, 5.74) is 0.384. The van der Waals surface area contributed by atoms with E-state index in [0.29, 0.717) is 17.1 Å². The molecule has 2 aromatic carbocycles. The summed E-state index contributed by atoms with van der Waals surface area (Å²) in [7, 11) is 0. The fraction of sp³-hybridized carbons (Fsp3) is 0.292. The highest BCUT2D eigenvalue weighted by Crippen LogP contribution is 2.21. The van der Waals surface area contributed by atoms with Gasteiger partial charge in [-0.25, -0.2) is 4.98 Å². The van der Waals surface area contributed by atoms with Gasteiger partial charge < -0.3 is 15.4 Å². The van der Waals surface area contributed by atoms with E-state index in [1.54, 1.807) is 5.38 Å². The van der Waals surface area contributed by atoms with Gasteiger partial charge in [0.25, 0.3) is 17.5 Å². The highest BCUT2D eigenvalue weighted by Gasteiger charge is 2.29. The molecule has 0 aliphatic heterocycles. The number of hydrogen-bond donors (Lipinski definition) is 2. The minimum Gasteiger partial charge on any atom is -0.486 e. The Kier molecular flexibility index (Phi) is 7.48. The van der Waals surface area contributed by atoms with Crippen LogP contribution in [-0.4, -0.2) is 33.8 Å². The number of thiazole rings is 1. The number of carbonyl (C=O) groups is 2.